The molecule has 0 aliphatic carbocycles. The Bertz CT molecular complexity index is 543. The molecule has 8 nitrogen and oxygen atoms in total. The first-order valence-corrected chi connectivity index (χ1v) is 8.27. The minimum absolute atomic E-state index is 0.0693. The highest BCUT2D eigenvalue weighted by Crippen LogP contribution is 2.35. The number of carbonyl (C=O) groups is 2. The molecule has 0 atom stereocenters. The van der Waals surface area contributed by atoms with E-state index >= 15 is 0 Å². The highest BCUT2D eigenvalue weighted by atomic mass is 31.2. The highest BCUT2D eigenvalue weighted by Gasteiger charge is 2.27. The van der Waals surface area contributed by atoms with Gasteiger partial charge in [-0.2, -0.15) is 0 Å². The summed E-state index contributed by atoms with van der Waals surface area (Å²) in [6.07, 6.45) is -1.92. The average molecular weight is 331 g/mol. The van der Waals surface area contributed by atoms with Crippen molar-refractivity contribution in [1.82, 2.24) is 4.90 Å². The lowest BCUT2D eigenvalue weighted by Gasteiger charge is -2.21. The van der Waals surface area contributed by atoms with Crippen LogP contribution in [0.5, 0.6) is 0 Å². The molecule has 1 rings (SSSR count). The predicted molar refractivity (Wildman–Crippen MR) is 76.9 cm³/mol. The average Bonchev–Trinajstić information content (AvgIpc) is 2.44. The maximum atomic E-state index is 11.9. The predicted octanol–water partition coefficient (Wildman–Crippen LogP) is 1.32. The summed E-state index contributed by atoms with van der Waals surface area (Å²) in [5.74, 6) is -0.771. The van der Waals surface area contributed by atoms with Gasteiger partial charge in [-0.15, -0.1) is 0 Å². The number of benzene rings is 1. The van der Waals surface area contributed by atoms with Gasteiger partial charge in [0, 0.05) is 0 Å². The Hall–Kier alpha value is -1.89. The number of nitrogens with zero attached hydrogens (tertiary/aromatic N) is 1. The maximum Gasteiger partial charge on any atom is 0.411 e. The number of amides is 1. The Morgan fingerprint density at radius 1 is 1.18 bits per heavy atom. The smallest absolute Gasteiger partial charge is 0.411 e. The normalized spacial score (nSPS) is 10.9. The topological polar surface area (TPSA) is 113 Å². The van der Waals surface area contributed by atoms with Crippen molar-refractivity contribution in [3.05, 3.63) is 35.9 Å². The van der Waals surface area contributed by atoms with E-state index in [-0.39, 0.29) is 13.2 Å². The fourth-order valence-corrected chi connectivity index (χ4v) is 2.23. The van der Waals surface area contributed by atoms with Crippen LogP contribution in [0, 0.1) is 0 Å². The Kier molecular flexibility index (Phi) is 7.04. The van der Waals surface area contributed by atoms with Crippen LogP contribution in [-0.4, -0.2) is 46.2 Å². The van der Waals surface area contributed by atoms with E-state index < -0.39 is 32.5 Å². The van der Waals surface area contributed by atoms with Gasteiger partial charge in [-0.25, -0.2) is 4.79 Å². The molecular formula is C13H18NO7P. The second-order valence-corrected chi connectivity index (χ2v) is 5.96. The number of esters is 1. The van der Waals surface area contributed by atoms with E-state index in [1.807, 2.05) is 0 Å². The summed E-state index contributed by atoms with van der Waals surface area (Å²) in [6, 6.07) is 8.77. The van der Waals surface area contributed by atoms with E-state index in [2.05, 4.69) is 4.74 Å². The third-order valence-electron chi connectivity index (χ3n) is 2.44. The lowest BCUT2D eigenvalue weighted by molar-refractivity contribution is -0.143. The van der Waals surface area contributed by atoms with Gasteiger partial charge in [0.05, 0.1) is 6.61 Å². The molecule has 0 saturated carbocycles. The first-order valence-electron chi connectivity index (χ1n) is 6.47. The molecule has 1 aromatic carbocycles. The third-order valence-corrected chi connectivity index (χ3v) is 3.15. The zero-order valence-corrected chi connectivity index (χ0v) is 12.9. The van der Waals surface area contributed by atoms with Crippen molar-refractivity contribution in [2.24, 2.45) is 0 Å². The van der Waals surface area contributed by atoms with E-state index in [1.54, 1.807) is 37.3 Å². The SMILES string of the molecule is CCOC(=O)CN(CP(=O)(O)O)C(=O)OCc1ccccc1. The molecule has 0 bridgehead atoms. The van der Waals surface area contributed by atoms with Gasteiger partial charge in [0.15, 0.2) is 0 Å². The fourth-order valence-electron chi connectivity index (χ4n) is 1.57. The zero-order valence-electron chi connectivity index (χ0n) is 12.0. The monoisotopic (exact) mass is 331 g/mol. The molecule has 1 amide bonds. The summed E-state index contributed by atoms with van der Waals surface area (Å²) in [4.78, 5) is 41.9. The summed E-state index contributed by atoms with van der Waals surface area (Å²) in [5, 5.41) is 0. The number of hydrogen-bond acceptors (Lipinski definition) is 5. The molecule has 0 radical (unpaired) electrons. The number of rotatable bonds is 7. The van der Waals surface area contributed by atoms with Crippen molar-refractivity contribution < 1.29 is 33.4 Å². The maximum absolute atomic E-state index is 11.9. The molecule has 0 fully saturated rings. The highest BCUT2D eigenvalue weighted by molar-refractivity contribution is 7.51. The zero-order chi connectivity index (χ0) is 16.6. The summed E-state index contributed by atoms with van der Waals surface area (Å²) < 4.78 is 20.7. The van der Waals surface area contributed by atoms with Crippen LogP contribution in [-0.2, 0) is 25.4 Å². The molecule has 1 aromatic rings. The van der Waals surface area contributed by atoms with Crippen LogP contribution in [0.3, 0.4) is 0 Å². The van der Waals surface area contributed by atoms with Crippen LogP contribution < -0.4 is 0 Å². The van der Waals surface area contributed by atoms with Crippen molar-refractivity contribution in [3.8, 4) is 0 Å². The second-order valence-electron chi connectivity index (χ2n) is 4.35. The molecule has 9 heteroatoms. The Morgan fingerprint density at radius 2 is 1.82 bits per heavy atom. The molecule has 0 spiro atoms. The van der Waals surface area contributed by atoms with Crippen LogP contribution in [0.2, 0.25) is 0 Å². The van der Waals surface area contributed by atoms with Gasteiger partial charge in [0.2, 0.25) is 0 Å². The Morgan fingerprint density at radius 3 is 2.36 bits per heavy atom. The number of carbonyl (C=O) groups excluding carboxylic acids is 2. The van der Waals surface area contributed by atoms with Gasteiger partial charge >= 0.3 is 19.7 Å². The lowest BCUT2D eigenvalue weighted by atomic mass is 10.2. The molecule has 122 valence electrons. The molecule has 0 aromatic heterocycles. The summed E-state index contributed by atoms with van der Waals surface area (Å²) >= 11 is 0. The minimum Gasteiger partial charge on any atom is -0.465 e. The van der Waals surface area contributed by atoms with E-state index in [0.717, 1.165) is 0 Å². The third kappa shape index (κ3) is 7.21. The van der Waals surface area contributed by atoms with Crippen LogP contribution in [0.15, 0.2) is 30.3 Å². The first-order chi connectivity index (χ1) is 10.3. The second kappa shape index (κ2) is 8.53. The fraction of sp³-hybridized carbons (Fsp3) is 0.385. The van der Waals surface area contributed by atoms with E-state index in [0.29, 0.717) is 10.5 Å². The van der Waals surface area contributed by atoms with Crippen LogP contribution >= 0.6 is 7.60 Å². The first kappa shape index (κ1) is 18.2. The summed E-state index contributed by atoms with van der Waals surface area (Å²) in [5.41, 5.74) is 0.711. The van der Waals surface area contributed by atoms with Crippen molar-refractivity contribution in [2.75, 3.05) is 19.4 Å². The quantitative estimate of drug-likeness (QED) is 0.572. The standard InChI is InChI=1S/C13H18NO7P/c1-2-20-12(15)8-14(10-22(17,18)19)13(16)21-9-11-6-4-3-5-7-11/h3-7H,2,8-10H2,1H3,(H2,17,18,19). The van der Waals surface area contributed by atoms with Crippen molar-refractivity contribution in [1.29, 1.82) is 0 Å². The molecule has 2 N–H and O–H groups in total. The van der Waals surface area contributed by atoms with Crippen LogP contribution in [0.25, 0.3) is 0 Å². The van der Waals surface area contributed by atoms with E-state index in [9.17, 15) is 14.2 Å². The van der Waals surface area contributed by atoms with Gasteiger partial charge in [0.25, 0.3) is 0 Å². The largest absolute Gasteiger partial charge is 0.465 e. The molecular weight excluding hydrogens is 313 g/mol. The molecule has 0 aliphatic heterocycles. The number of hydrogen-bond donors (Lipinski definition) is 2. The molecule has 0 aliphatic rings. The van der Waals surface area contributed by atoms with Gasteiger partial charge in [-0.05, 0) is 12.5 Å². The van der Waals surface area contributed by atoms with Crippen LogP contribution in [0.4, 0.5) is 4.79 Å². The number of ether oxygens (including phenoxy) is 2. The Balaban J connectivity index is 2.66. The molecule has 0 heterocycles. The molecule has 0 unspecified atom stereocenters. The van der Waals surface area contributed by atoms with Crippen molar-refractivity contribution in [2.45, 2.75) is 13.5 Å². The van der Waals surface area contributed by atoms with E-state index in [4.69, 9.17) is 14.5 Å². The van der Waals surface area contributed by atoms with Crippen LogP contribution in [0.1, 0.15) is 12.5 Å². The van der Waals surface area contributed by atoms with E-state index in [1.165, 1.54) is 0 Å². The van der Waals surface area contributed by atoms with Gasteiger partial charge in [-0.1, -0.05) is 30.3 Å². The summed E-state index contributed by atoms with van der Waals surface area (Å²) in [7, 11) is -4.53. The lowest BCUT2D eigenvalue weighted by Crippen LogP contribution is -2.37. The molecule has 0 saturated heterocycles. The minimum atomic E-state index is -4.53. The Labute approximate surface area is 127 Å². The van der Waals surface area contributed by atoms with Gasteiger partial charge in [0.1, 0.15) is 19.4 Å². The van der Waals surface area contributed by atoms with Crippen molar-refractivity contribution in [3.63, 3.8) is 0 Å². The molecule has 22 heavy (non-hydrogen) atoms. The van der Waals surface area contributed by atoms with Crippen molar-refractivity contribution >= 4 is 19.7 Å². The van der Waals surface area contributed by atoms with Gasteiger partial charge < -0.3 is 19.3 Å². The van der Waals surface area contributed by atoms with Gasteiger partial charge in [-0.3, -0.25) is 14.3 Å². The summed E-state index contributed by atoms with van der Waals surface area (Å²) in [6.45, 7) is 1.02.